The molecule has 4 nitrogen and oxygen atoms in total. The van der Waals surface area contributed by atoms with Crippen LogP contribution in [0.15, 0.2) is 0 Å². The highest BCUT2D eigenvalue weighted by molar-refractivity contribution is 5.83. The first kappa shape index (κ1) is 12.2. The second-order valence-electron chi connectivity index (χ2n) is 4.49. The number of ketones is 1. The normalized spacial score (nSPS) is 26.6. The molecule has 1 rings (SSSR count). The second-order valence-corrected chi connectivity index (χ2v) is 4.49. The third-order valence-corrected chi connectivity index (χ3v) is 3.12. The van der Waals surface area contributed by atoms with Gasteiger partial charge in [-0.05, 0) is 19.9 Å². The van der Waals surface area contributed by atoms with Crippen LogP contribution >= 0.6 is 0 Å². The molecule has 0 aromatic carbocycles. The van der Waals surface area contributed by atoms with Crippen molar-refractivity contribution in [2.45, 2.75) is 26.7 Å². The Labute approximate surface area is 91.0 Å². The zero-order valence-corrected chi connectivity index (χ0v) is 9.80. The Morgan fingerprint density at radius 2 is 2.13 bits per heavy atom. The zero-order chi connectivity index (χ0) is 11.5. The van der Waals surface area contributed by atoms with Gasteiger partial charge in [0, 0.05) is 20.0 Å². The highest BCUT2D eigenvalue weighted by Crippen LogP contribution is 2.29. The molecule has 1 aliphatic heterocycles. The SMILES string of the molecule is CCC(=O)CN1CCC(C)(C(=O)NC)C1. The molecule has 1 heterocycles. The molecule has 0 radical (unpaired) electrons. The van der Waals surface area contributed by atoms with E-state index in [0.29, 0.717) is 19.5 Å². The molecule has 1 N–H and O–H groups in total. The lowest BCUT2D eigenvalue weighted by Crippen LogP contribution is -2.39. The first-order valence-corrected chi connectivity index (χ1v) is 5.48. The summed E-state index contributed by atoms with van der Waals surface area (Å²) in [6.45, 7) is 5.86. The molecule has 1 fully saturated rings. The predicted octanol–water partition coefficient (Wildman–Crippen LogP) is 0.424. The van der Waals surface area contributed by atoms with Crippen molar-refractivity contribution < 1.29 is 9.59 Å². The number of hydrogen-bond donors (Lipinski definition) is 1. The Morgan fingerprint density at radius 3 is 2.67 bits per heavy atom. The summed E-state index contributed by atoms with van der Waals surface area (Å²) in [5.74, 6) is 0.324. The fourth-order valence-electron chi connectivity index (χ4n) is 2.04. The third-order valence-electron chi connectivity index (χ3n) is 3.12. The van der Waals surface area contributed by atoms with Gasteiger partial charge in [-0.25, -0.2) is 0 Å². The summed E-state index contributed by atoms with van der Waals surface area (Å²) < 4.78 is 0. The van der Waals surface area contributed by atoms with E-state index in [4.69, 9.17) is 0 Å². The first-order valence-electron chi connectivity index (χ1n) is 5.48. The van der Waals surface area contributed by atoms with Crippen molar-refractivity contribution in [2.75, 3.05) is 26.7 Å². The molecular formula is C11H20N2O2. The molecule has 1 amide bonds. The zero-order valence-electron chi connectivity index (χ0n) is 9.80. The number of amides is 1. The molecule has 1 aliphatic rings. The number of carbonyl (C=O) groups excluding carboxylic acids is 2. The monoisotopic (exact) mass is 212 g/mol. The van der Waals surface area contributed by atoms with Gasteiger partial charge in [-0.2, -0.15) is 0 Å². The minimum atomic E-state index is -0.317. The molecule has 0 aromatic rings. The van der Waals surface area contributed by atoms with Gasteiger partial charge in [0.25, 0.3) is 0 Å². The average Bonchev–Trinajstić information content (AvgIpc) is 2.60. The van der Waals surface area contributed by atoms with Gasteiger partial charge < -0.3 is 5.32 Å². The number of nitrogens with zero attached hydrogens (tertiary/aromatic N) is 1. The van der Waals surface area contributed by atoms with Crippen molar-refractivity contribution in [3.63, 3.8) is 0 Å². The highest BCUT2D eigenvalue weighted by atomic mass is 16.2. The first-order chi connectivity index (χ1) is 7.01. The predicted molar refractivity (Wildman–Crippen MR) is 58.5 cm³/mol. The van der Waals surface area contributed by atoms with Gasteiger partial charge in [0.1, 0.15) is 5.78 Å². The fraction of sp³-hybridized carbons (Fsp3) is 0.818. The minimum Gasteiger partial charge on any atom is -0.359 e. The number of likely N-dealkylation sites (tertiary alicyclic amines) is 1. The Kier molecular flexibility index (Phi) is 3.85. The van der Waals surface area contributed by atoms with Crippen LogP contribution in [0.3, 0.4) is 0 Å². The second kappa shape index (κ2) is 4.75. The number of Topliss-reactive ketones (excluding diaryl/α,β-unsaturated/α-hetero) is 1. The van der Waals surface area contributed by atoms with Crippen molar-refractivity contribution in [3.8, 4) is 0 Å². The maximum atomic E-state index is 11.6. The molecule has 0 aliphatic carbocycles. The summed E-state index contributed by atoms with van der Waals surface area (Å²) in [5.41, 5.74) is -0.317. The topological polar surface area (TPSA) is 49.4 Å². The van der Waals surface area contributed by atoms with E-state index in [1.54, 1.807) is 7.05 Å². The van der Waals surface area contributed by atoms with Crippen LogP contribution in [0.5, 0.6) is 0 Å². The van der Waals surface area contributed by atoms with Crippen LogP contribution in [-0.4, -0.2) is 43.3 Å². The molecule has 1 atom stereocenters. The van der Waals surface area contributed by atoms with Crippen molar-refractivity contribution in [1.82, 2.24) is 10.2 Å². The van der Waals surface area contributed by atoms with E-state index in [1.807, 2.05) is 13.8 Å². The molecule has 0 saturated carbocycles. The number of hydrogen-bond acceptors (Lipinski definition) is 3. The van der Waals surface area contributed by atoms with Crippen LogP contribution in [-0.2, 0) is 9.59 Å². The van der Waals surface area contributed by atoms with Crippen LogP contribution in [0.1, 0.15) is 26.7 Å². The summed E-state index contributed by atoms with van der Waals surface area (Å²) in [6.07, 6.45) is 1.41. The Hall–Kier alpha value is -0.900. The summed E-state index contributed by atoms with van der Waals surface area (Å²) >= 11 is 0. The van der Waals surface area contributed by atoms with E-state index in [-0.39, 0.29) is 17.1 Å². The third kappa shape index (κ3) is 2.78. The molecule has 4 heteroatoms. The van der Waals surface area contributed by atoms with Crippen LogP contribution in [0, 0.1) is 5.41 Å². The average molecular weight is 212 g/mol. The summed E-state index contributed by atoms with van der Waals surface area (Å²) in [7, 11) is 1.66. The van der Waals surface area contributed by atoms with Crippen LogP contribution < -0.4 is 5.32 Å². The van der Waals surface area contributed by atoms with Gasteiger partial charge in [0.05, 0.1) is 12.0 Å². The van der Waals surface area contributed by atoms with E-state index in [0.717, 1.165) is 13.0 Å². The Morgan fingerprint density at radius 1 is 1.47 bits per heavy atom. The van der Waals surface area contributed by atoms with Crippen molar-refractivity contribution in [2.24, 2.45) is 5.41 Å². The number of rotatable bonds is 4. The van der Waals surface area contributed by atoms with Gasteiger partial charge in [-0.15, -0.1) is 0 Å². The molecule has 0 bridgehead atoms. The van der Waals surface area contributed by atoms with Crippen molar-refractivity contribution in [3.05, 3.63) is 0 Å². The lowest BCUT2D eigenvalue weighted by Gasteiger charge is -2.22. The fourth-order valence-corrected chi connectivity index (χ4v) is 2.04. The van der Waals surface area contributed by atoms with Gasteiger partial charge in [0.15, 0.2) is 0 Å². The van der Waals surface area contributed by atoms with Crippen molar-refractivity contribution in [1.29, 1.82) is 0 Å². The van der Waals surface area contributed by atoms with Gasteiger partial charge in [-0.3, -0.25) is 14.5 Å². The quantitative estimate of drug-likeness (QED) is 0.735. The smallest absolute Gasteiger partial charge is 0.227 e. The lowest BCUT2D eigenvalue weighted by molar-refractivity contribution is -0.129. The van der Waals surface area contributed by atoms with Gasteiger partial charge in [0.2, 0.25) is 5.91 Å². The molecule has 0 spiro atoms. The summed E-state index contributed by atoms with van der Waals surface area (Å²) in [6, 6.07) is 0. The maximum absolute atomic E-state index is 11.6. The Balaban J connectivity index is 2.51. The summed E-state index contributed by atoms with van der Waals surface area (Å²) in [4.78, 5) is 25.0. The number of carbonyl (C=O) groups is 2. The molecule has 1 unspecified atom stereocenters. The van der Waals surface area contributed by atoms with Crippen molar-refractivity contribution >= 4 is 11.7 Å². The maximum Gasteiger partial charge on any atom is 0.227 e. The van der Waals surface area contributed by atoms with Crippen LogP contribution in [0.4, 0.5) is 0 Å². The molecule has 1 saturated heterocycles. The van der Waals surface area contributed by atoms with E-state index >= 15 is 0 Å². The van der Waals surface area contributed by atoms with Gasteiger partial charge >= 0.3 is 0 Å². The molecular weight excluding hydrogens is 192 g/mol. The summed E-state index contributed by atoms with van der Waals surface area (Å²) in [5, 5.41) is 2.68. The van der Waals surface area contributed by atoms with Crippen LogP contribution in [0.25, 0.3) is 0 Å². The highest BCUT2D eigenvalue weighted by Gasteiger charge is 2.39. The largest absolute Gasteiger partial charge is 0.359 e. The molecule has 86 valence electrons. The van der Waals surface area contributed by atoms with Gasteiger partial charge in [-0.1, -0.05) is 6.92 Å². The lowest BCUT2D eigenvalue weighted by atomic mass is 9.89. The van der Waals surface area contributed by atoms with Crippen LogP contribution in [0.2, 0.25) is 0 Å². The minimum absolute atomic E-state index is 0.0777. The van der Waals surface area contributed by atoms with E-state index in [1.165, 1.54) is 0 Å². The standard InChI is InChI=1S/C11H20N2O2/c1-4-9(14)7-13-6-5-11(2,8-13)10(15)12-3/h4-8H2,1-3H3,(H,12,15). The molecule has 15 heavy (non-hydrogen) atoms. The van der Waals surface area contributed by atoms with E-state index in [9.17, 15) is 9.59 Å². The van der Waals surface area contributed by atoms with E-state index in [2.05, 4.69) is 10.2 Å². The Bertz CT molecular complexity index is 265. The molecule has 0 aromatic heterocycles. The van der Waals surface area contributed by atoms with E-state index < -0.39 is 0 Å². The number of nitrogens with one attached hydrogen (secondary N) is 1.